The van der Waals surface area contributed by atoms with Crippen molar-refractivity contribution in [3.05, 3.63) is 53.4 Å². The first-order valence-corrected chi connectivity index (χ1v) is 10.6. The van der Waals surface area contributed by atoms with E-state index in [4.69, 9.17) is 4.52 Å². The largest absolute Gasteiger partial charge is 0.394 e. The summed E-state index contributed by atoms with van der Waals surface area (Å²) in [4.78, 5) is 10.1. The molecule has 0 saturated heterocycles. The van der Waals surface area contributed by atoms with E-state index in [0.717, 1.165) is 22.1 Å². The minimum Gasteiger partial charge on any atom is -0.394 e. The number of hydrogen-bond acceptors (Lipinski definition) is 9. The van der Waals surface area contributed by atoms with Crippen molar-refractivity contribution < 1.29 is 9.63 Å². The molecule has 0 unspecified atom stereocenters. The third kappa shape index (κ3) is 5.63. The quantitative estimate of drug-likeness (QED) is 0.268. The number of aromatic nitrogens is 3. The minimum absolute atomic E-state index is 0.0209. The van der Waals surface area contributed by atoms with Crippen LogP contribution in [0, 0.1) is 13.8 Å². The first-order chi connectivity index (χ1) is 13.5. The van der Waals surface area contributed by atoms with Crippen molar-refractivity contribution >= 4 is 35.3 Å². The van der Waals surface area contributed by atoms with Crippen molar-refractivity contribution in [2.45, 2.75) is 42.6 Å². The fraction of sp³-hybridized carbons (Fsp3) is 0.316. The Balaban J connectivity index is 1.76. The molecule has 0 radical (unpaired) electrons. The predicted molar refractivity (Wildman–Crippen MR) is 114 cm³/mol. The summed E-state index contributed by atoms with van der Waals surface area (Å²) in [5, 5.41) is 17.1. The van der Waals surface area contributed by atoms with Crippen molar-refractivity contribution in [2.75, 3.05) is 16.6 Å². The highest BCUT2D eigenvalue weighted by Crippen LogP contribution is 2.29. The molecule has 148 valence electrons. The third-order valence-corrected chi connectivity index (χ3v) is 5.83. The number of anilines is 2. The van der Waals surface area contributed by atoms with E-state index in [9.17, 15) is 5.11 Å². The number of hydrogen-bond donors (Lipinski definition) is 3. The van der Waals surface area contributed by atoms with Gasteiger partial charge in [-0.05, 0) is 38.3 Å². The van der Waals surface area contributed by atoms with Gasteiger partial charge in [-0.2, -0.15) is 0 Å². The molecule has 3 rings (SSSR count). The lowest BCUT2D eigenvalue weighted by Crippen LogP contribution is -2.20. The van der Waals surface area contributed by atoms with Crippen LogP contribution in [-0.2, 0) is 5.75 Å². The highest BCUT2D eigenvalue weighted by molar-refractivity contribution is 8.00. The van der Waals surface area contributed by atoms with Crippen molar-refractivity contribution in [1.82, 2.24) is 15.1 Å². The summed E-state index contributed by atoms with van der Waals surface area (Å²) in [5.74, 6) is 2.86. The Bertz CT molecular complexity index is 885. The van der Waals surface area contributed by atoms with E-state index < -0.39 is 0 Å². The van der Waals surface area contributed by atoms with E-state index in [2.05, 4.69) is 37.3 Å². The molecule has 3 N–H and O–H groups in total. The van der Waals surface area contributed by atoms with Crippen LogP contribution in [0.25, 0.3) is 0 Å². The lowest BCUT2D eigenvalue weighted by atomic mass is 10.2. The Morgan fingerprint density at radius 3 is 2.57 bits per heavy atom. The molecule has 1 aromatic carbocycles. The zero-order valence-corrected chi connectivity index (χ0v) is 17.6. The van der Waals surface area contributed by atoms with Crippen LogP contribution in [0.15, 0.2) is 51.0 Å². The number of nitrogens with one attached hydrogen (secondary N) is 2. The van der Waals surface area contributed by atoms with Gasteiger partial charge in [0.1, 0.15) is 17.4 Å². The molecule has 0 fully saturated rings. The van der Waals surface area contributed by atoms with Crippen molar-refractivity contribution in [3.63, 3.8) is 0 Å². The summed E-state index contributed by atoms with van der Waals surface area (Å²) >= 11 is 2.97. The number of aryl methyl sites for hydroxylation is 2. The second-order valence-corrected chi connectivity index (χ2v) is 8.04. The Morgan fingerprint density at radius 2 is 1.89 bits per heavy atom. The molecule has 0 aliphatic carbocycles. The van der Waals surface area contributed by atoms with Gasteiger partial charge in [0.05, 0.1) is 17.2 Å². The number of aliphatic hydroxyl groups excluding tert-OH is 1. The molecule has 28 heavy (non-hydrogen) atoms. The smallest absolute Gasteiger partial charge is 0.191 e. The van der Waals surface area contributed by atoms with Gasteiger partial charge in [-0.3, -0.25) is 0 Å². The number of aliphatic hydroxyl groups is 1. The van der Waals surface area contributed by atoms with Gasteiger partial charge in [0.15, 0.2) is 5.16 Å². The lowest BCUT2D eigenvalue weighted by molar-refractivity contribution is 0.281. The average molecular weight is 418 g/mol. The van der Waals surface area contributed by atoms with E-state index in [1.54, 1.807) is 11.8 Å². The second kappa shape index (κ2) is 9.81. The summed E-state index contributed by atoms with van der Waals surface area (Å²) < 4.78 is 8.45. The van der Waals surface area contributed by atoms with Crippen LogP contribution in [-0.4, -0.2) is 32.9 Å². The molecule has 0 aliphatic heterocycles. The number of benzene rings is 1. The summed E-state index contributed by atoms with van der Waals surface area (Å²) in [7, 11) is 0. The van der Waals surface area contributed by atoms with Crippen molar-refractivity contribution in [1.29, 1.82) is 0 Å². The van der Waals surface area contributed by atoms with Gasteiger partial charge >= 0.3 is 0 Å². The SMILES string of the molecule is Cc1noc(C)c1SNc1cc(N[C@H](C)CO)nc(SCc2ccccc2)n1. The molecule has 3 aromatic rings. The molecule has 1 atom stereocenters. The van der Waals surface area contributed by atoms with Crippen molar-refractivity contribution in [3.8, 4) is 0 Å². The zero-order valence-electron chi connectivity index (χ0n) is 16.0. The molecule has 2 aromatic heterocycles. The van der Waals surface area contributed by atoms with E-state index in [1.807, 2.05) is 45.0 Å². The van der Waals surface area contributed by atoms with E-state index >= 15 is 0 Å². The van der Waals surface area contributed by atoms with Crippen LogP contribution in [0.3, 0.4) is 0 Å². The van der Waals surface area contributed by atoms with E-state index in [1.165, 1.54) is 17.5 Å². The molecule has 9 heteroatoms. The molecular formula is C19H23N5O2S2. The molecule has 0 bridgehead atoms. The maximum Gasteiger partial charge on any atom is 0.191 e. The van der Waals surface area contributed by atoms with Crippen LogP contribution in [0.4, 0.5) is 11.6 Å². The minimum atomic E-state index is -0.107. The van der Waals surface area contributed by atoms with Gasteiger partial charge in [-0.1, -0.05) is 47.3 Å². The molecule has 2 heterocycles. The van der Waals surface area contributed by atoms with Gasteiger partial charge in [0.25, 0.3) is 0 Å². The second-order valence-electron chi connectivity index (χ2n) is 6.28. The van der Waals surface area contributed by atoms with E-state index in [-0.39, 0.29) is 12.6 Å². The van der Waals surface area contributed by atoms with Gasteiger partial charge < -0.3 is 19.7 Å². The molecule has 0 aliphatic rings. The summed E-state index contributed by atoms with van der Waals surface area (Å²) in [6, 6.07) is 11.9. The molecule has 0 amide bonds. The molecule has 0 spiro atoms. The summed E-state index contributed by atoms with van der Waals surface area (Å²) in [5.41, 5.74) is 2.03. The fourth-order valence-corrected chi connectivity index (χ4v) is 3.85. The number of rotatable bonds is 9. The Morgan fingerprint density at radius 1 is 1.14 bits per heavy atom. The maximum atomic E-state index is 9.33. The highest BCUT2D eigenvalue weighted by atomic mass is 32.2. The maximum absolute atomic E-state index is 9.33. The first kappa shape index (κ1) is 20.5. The van der Waals surface area contributed by atoms with Crippen LogP contribution >= 0.6 is 23.7 Å². The summed E-state index contributed by atoms with van der Waals surface area (Å²) in [6.45, 7) is 5.69. The van der Waals surface area contributed by atoms with Crippen LogP contribution < -0.4 is 10.0 Å². The number of nitrogens with zero attached hydrogens (tertiary/aromatic N) is 3. The van der Waals surface area contributed by atoms with Crippen LogP contribution in [0.5, 0.6) is 0 Å². The zero-order chi connectivity index (χ0) is 19.9. The lowest BCUT2D eigenvalue weighted by Gasteiger charge is -2.14. The van der Waals surface area contributed by atoms with Gasteiger partial charge in [0, 0.05) is 17.9 Å². The number of thioether (sulfide) groups is 1. The monoisotopic (exact) mass is 417 g/mol. The first-order valence-electron chi connectivity index (χ1n) is 8.84. The molecule has 7 nitrogen and oxygen atoms in total. The normalized spacial score (nSPS) is 12.0. The average Bonchev–Trinajstić information content (AvgIpc) is 3.03. The molecule has 0 saturated carbocycles. The third-order valence-electron chi connectivity index (χ3n) is 3.81. The van der Waals surface area contributed by atoms with Gasteiger partial charge in [-0.15, -0.1) is 0 Å². The predicted octanol–water partition coefficient (Wildman–Crippen LogP) is 4.29. The van der Waals surface area contributed by atoms with Gasteiger partial charge in [0.2, 0.25) is 0 Å². The Hall–Kier alpha value is -2.23. The Kier molecular flexibility index (Phi) is 7.18. The van der Waals surface area contributed by atoms with Crippen LogP contribution in [0.2, 0.25) is 0 Å². The Labute approximate surface area is 172 Å². The van der Waals surface area contributed by atoms with Crippen LogP contribution in [0.1, 0.15) is 23.9 Å². The van der Waals surface area contributed by atoms with E-state index in [0.29, 0.717) is 16.8 Å². The fourth-order valence-electron chi connectivity index (χ4n) is 2.36. The highest BCUT2D eigenvalue weighted by Gasteiger charge is 2.12. The standard InChI is InChI=1S/C19H23N5O2S2/c1-12(10-25)20-16-9-17(24-28-18-13(2)23-26-14(18)3)22-19(21-16)27-11-15-7-5-4-6-8-15/h4-9,12,25H,10-11H2,1-3H3,(H2,20,21,22,24)/t12-/m1/s1. The topological polar surface area (TPSA) is 96.1 Å². The summed E-state index contributed by atoms with van der Waals surface area (Å²) in [6.07, 6.45) is 0. The van der Waals surface area contributed by atoms with Crippen molar-refractivity contribution in [2.24, 2.45) is 0 Å². The van der Waals surface area contributed by atoms with Gasteiger partial charge in [-0.25, -0.2) is 9.97 Å². The molecular weight excluding hydrogens is 394 g/mol.